The first-order valence-corrected chi connectivity index (χ1v) is 15.8. The van der Waals surface area contributed by atoms with Crippen LogP contribution in [0.5, 0.6) is 0 Å². The number of hydrogen-bond acceptors (Lipinski definition) is 5. The summed E-state index contributed by atoms with van der Waals surface area (Å²) in [7, 11) is 1.90. The molecule has 1 saturated heterocycles. The van der Waals surface area contributed by atoms with Gasteiger partial charge in [0.1, 0.15) is 18.5 Å². The molecule has 1 heterocycles. The van der Waals surface area contributed by atoms with E-state index in [9.17, 15) is 27.9 Å². The van der Waals surface area contributed by atoms with Crippen molar-refractivity contribution >= 4 is 12.1 Å². The third kappa shape index (κ3) is 8.33. The molecule has 1 N–H and O–H groups in total. The number of likely N-dealkylation sites (tertiary alicyclic amines) is 1. The van der Waals surface area contributed by atoms with E-state index in [2.05, 4.69) is 4.90 Å². The summed E-state index contributed by atoms with van der Waals surface area (Å²) in [5.41, 5.74) is 1.34. The molecule has 0 radical (unpaired) electrons. The Labute approximate surface area is 259 Å². The standard InChI is InChI=1S/C34H46F3N3O4/c1-5-13-40(34(43)44-21-23-9-10-30(36)31(37)16-23)27-11-14-39(15-12-27)20-25-18-28(38(4)32(22(2)3)33(41)42)19-29(25)24-7-6-8-26(35)17-24/h6-10,16-17,22,25,27-29,32H,5,11-15,18-21H2,1-4H3,(H,41,42)/t25-,28-,29+,32+/m0/s1. The highest BCUT2D eigenvalue weighted by atomic mass is 19.2. The Balaban J connectivity index is 1.39. The smallest absolute Gasteiger partial charge is 0.410 e. The number of benzene rings is 2. The number of hydrogen-bond donors (Lipinski definition) is 1. The molecule has 2 fully saturated rings. The largest absolute Gasteiger partial charge is 0.480 e. The molecule has 2 aromatic carbocycles. The van der Waals surface area contributed by atoms with Crippen LogP contribution in [0.4, 0.5) is 18.0 Å². The van der Waals surface area contributed by atoms with Gasteiger partial charge in [-0.1, -0.05) is 39.0 Å². The molecule has 2 aliphatic rings. The highest BCUT2D eigenvalue weighted by molar-refractivity contribution is 5.73. The lowest BCUT2D eigenvalue weighted by molar-refractivity contribution is -0.145. The quantitative estimate of drug-likeness (QED) is 0.293. The summed E-state index contributed by atoms with van der Waals surface area (Å²) in [5, 5.41) is 9.92. The van der Waals surface area contributed by atoms with Gasteiger partial charge in [0.05, 0.1) is 0 Å². The third-order valence-electron chi connectivity index (χ3n) is 9.38. The lowest BCUT2D eigenvalue weighted by atomic mass is 9.88. The molecule has 4 atom stereocenters. The molecule has 1 saturated carbocycles. The first-order chi connectivity index (χ1) is 21.0. The fourth-order valence-electron chi connectivity index (χ4n) is 7.20. The molecule has 1 amide bonds. The zero-order valence-electron chi connectivity index (χ0n) is 26.2. The molecule has 10 heteroatoms. The average Bonchev–Trinajstić information content (AvgIpc) is 3.40. The Morgan fingerprint density at radius 3 is 2.36 bits per heavy atom. The summed E-state index contributed by atoms with van der Waals surface area (Å²) in [6.45, 7) is 8.65. The molecule has 0 aromatic heterocycles. The normalized spacial score (nSPS) is 22.0. The summed E-state index contributed by atoms with van der Waals surface area (Å²) in [6, 6.07) is 9.73. The van der Waals surface area contributed by atoms with Crippen LogP contribution in [0.15, 0.2) is 42.5 Å². The van der Waals surface area contributed by atoms with Gasteiger partial charge in [0, 0.05) is 38.3 Å². The number of amides is 1. The van der Waals surface area contributed by atoms with E-state index >= 15 is 0 Å². The SMILES string of the molecule is CCCN(C(=O)OCc1ccc(F)c(F)c1)C1CCN(C[C@@H]2C[C@H](N(C)[C@@H](C(=O)O)C(C)C)C[C@@H]2c2cccc(F)c2)CC1. The van der Waals surface area contributed by atoms with E-state index in [-0.39, 0.29) is 42.3 Å². The summed E-state index contributed by atoms with van der Waals surface area (Å²) < 4.78 is 46.6. The Morgan fingerprint density at radius 1 is 1.02 bits per heavy atom. The van der Waals surface area contributed by atoms with Crippen molar-refractivity contribution in [3.8, 4) is 0 Å². The number of carbonyl (C=O) groups excluding carboxylic acids is 1. The van der Waals surface area contributed by atoms with Crippen molar-refractivity contribution < 1.29 is 32.6 Å². The Kier molecular flexibility index (Phi) is 11.7. The second-order valence-corrected chi connectivity index (χ2v) is 12.8. The van der Waals surface area contributed by atoms with Crippen LogP contribution in [-0.4, -0.2) is 83.2 Å². The van der Waals surface area contributed by atoms with Crippen LogP contribution in [0.1, 0.15) is 69.9 Å². The van der Waals surface area contributed by atoms with Crippen LogP contribution in [0.25, 0.3) is 0 Å². The monoisotopic (exact) mass is 617 g/mol. The number of carboxylic acids is 1. The first-order valence-electron chi connectivity index (χ1n) is 15.8. The maximum Gasteiger partial charge on any atom is 0.410 e. The first kappa shape index (κ1) is 33.8. The summed E-state index contributed by atoms with van der Waals surface area (Å²) >= 11 is 0. The predicted molar refractivity (Wildman–Crippen MR) is 163 cm³/mol. The van der Waals surface area contributed by atoms with Crippen LogP contribution in [0.2, 0.25) is 0 Å². The zero-order valence-corrected chi connectivity index (χ0v) is 26.2. The zero-order chi connectivity index (χ0) is 32.0. The van der Waals surface area contributed by atoms with Gasteiger partial charge < -0.3 is 19.6 Å². The average molecular weight is 618 g/mol. The van der Waals surface area contributed by atoms with E-state index in [1.54, 1.807) is 17.0 Å². The van der Waals surface area contributed by atoms with E-state index in [1.807, 2.05) is 38.8 Å². The van der Waals surface area contributed by atoms with Crippen molar-refractivity contribution in [2.24, 2.45) is 11.8 Å². The molecule has 44 heavy (non-hydrogen) atoms. The van der Waals surface area contributed by atoms with Crippen LogP contribution in [-0.2, 0) is 16.1 Å². The predicted octanol–water partition coefficient (Wildman–Crippen LogP) is 6.52. The van der Waals surface area contributed by atoms with E-state index < -0.39 is 29.7 Å². The molecule has 0 bridgehead atoms. The number of ether oxygens (including phenoxy) is 1. The third-order valence-corrected chi connectivity index (χ3v) is 9.38. The topological polar surface area (TPSA) is 73.3 Å². The van der Waals surface area contributed by atoms with Crippen molar-refractivity contribution in [2.45, 2.75) is 83.5 Å². The molecule has 242 valence electrons. The van der Waals surface area contributed by atoms with E-state index in [0.717, 1.165) is 69.4 Å². The van der Waals surface area contributed by atoms with Crippen molar-refractivity contribution in [1.29, 1.82) is 0 Å². The lowest BCUT2D eigenvalue weighted by Gasteiger charge is -2.39. The minimum atomic E-state index is -0.974. The van der Waals surface area contributed by atoms with Gasteiger partial charge >= 0.3 is 12.1 Å². The Morgan fingerprint density at radius 2 is 1.75 bits per heavy atom. The van der Waals surface area contributed by atoms with E-state index in [4.69, 9.17) is 4.74 Å². The molecule has 0 unspecified atom stereocenters. The van der Waals surface area contributed by atoms with Crippen molar-refractivity contribution in [3.63, 3.8) is 0 Å². The summed E-state index contributed by atoms with van der Waals surface area (Å²) in [5.74, 6) is -2.71. The number of rotatable bonds is 12. The number of carbonyl (C=O) groups is 2. The minimum absolute atomic E-state index is 0.00694. The van der Waals surface area contributed by atoms with Crippen LogP contribution >= 0.6 is 0 Å². The van der Waals surface area contributed by atoms with Crippen LogP contribution in [0, 0.1) is 29.3 Å². The van der Waals surface area contributed by atoms with Gasteiger partial charge in [-0.25, -0.2) is 18.0 Å². The van der Waals surface area contributed by atoms with E-state index in [0.29, 0.717) is 12.1 Å². The fourth-order valence-corrected chi connectivity index (χ4v) is 7.20. The molecule has 4 rings (SSSR count). The van der Waals surface area contributed by atoms with E-state index in [1.165, 1.54) is 12.1 Å². The Hall–Kier alpha value is -3.11. The fraction of sp³-hybridized carbons (Fsp3) is 0.588. The van der Waals surface area contributed by atoms with Gasteiger partial charge in [0.25, 0.3) is 0 Å². The van der Waals surface area contributed by atoms with Crippen molar-refractivity contribution in [1.82, 2.24) is 14.7 Å². The van der Waals surface area contributed by atoms with Gasteiger partial charge in [0.2, 0.25) is 0 Å². The Bertz CT molecular complexity index is 1270. The molecular formula is C34H46F3N3O4. The molecule has 7 nitrogen and oxygen atoms in total. The summed E-state index contributed by atoms with van der Waals surface area (Å²) in [4.78, 5) is 31.3. The number of piperidine rings is 1. The highest BCUT2D eigenvalue weighted by Gasteiger charge is 2.42. The lowest BCUT2D eigenvalue weighted by Crippen LogP contribution is -2.49. The van der Waals surface area contributed by atoms with Crippen molar-refractivity contribution in [3.05, 3.63) is 71.0 Å². The number of halogens is 3. The molecular weight excluding hydrogens is 571 g/mol. The van der Waals surface area contributed by atoms with Gasteiger partial charge in [-0.05, 0) is 92.3 Å². The van der Waals surface area contributed by atoms with Crippen LogP contribution in [0.3, 0.4) is 0 Å². The second-order valence-electron chi connectivity index (χ2n) is 12.8. The van der Waals surface area contributed by atoms with Crippen molar-refractivity contribution in [2.75, 3.05) is 33.2 Å². The number of likely N-dealkylation sites (N-methyl/N-ethyl adjacent to an activating group) is 1. The molecule has 1 aliphatic heterocycles. The minimum Gasteiger partial charge on any atom is -0.480 e. The maximum atomic E-state index is 14.3. The highest BCUT2D eigenvalue weighted by Crippen LogP contribution is 2.43. The molecule has 2 aromatic rings. The second kappa shape index (κ2) is 15.3. The van der Waals surface area contributed by atoms with Crippen LogP contribution < -0.4 is 0 Å². The molecule has 0 spiro atoms. The van der Waals surface area contributed by atoms with Gasteiger partial charge in [0.15, 0.2) is 11.6 Å². The maximum absolute atomic E-state index is 14.3. The van der Waals surface area contributed by atoms with Gasteiger partial charge in [-0.3, -0.25) is 9.69 Å². The number of nitrogens with zero attached hydrogens (tertiary/aromatic N) is 3. The molecule has 1 aliphatic carbocycles. The summed E-state index contributed by atoms with van der Waals surface area (Å²) in [6.07, 6.45) is 3.45. The number of carboxylic acid groups (broad SMARTS) is 1. The van der Waals surface area contributed by atoms with Gasteiger partial charge in [-0.15, -0.1) is 0 Å². The van der Waals surface area contributed by atoms with Gasteiger partial charge in [-0.2, -0.15) is 0 Å². The number of aliphatic carboxylic acids is 1.